The maximum atomic E-state index is 11.7. The molecular formula is C10H11N5O2. The lowest BCUT2D eigenvalue weighted by Gasteiger charge is -2.04. The molecule has 7 heteroatoms. The molecule has 0 fully saturated rings. The standard InChI is InChI=1S/C10H11N5O2/c11-9-7(2-1-4-12-9)10(16)13-5-3-8-14-6-15-17-8/h1-2,4,6H,3,5H2,(H2,11,12)(H,13,16). The zero-order valence-electron chi connectivity index (χ0n) is 8.96. The Bertz CT molecular complexity index is 497. The molecule has 0 unspecified atom stereocenters. The van der Waals surface area contributed by atoms with Gasteiger partial charge in [0.2, 0.25) is 5.89 Å². The van der Waals surface area contributed by atoms with Crippen LogP contribution in [-0.4, -0.2) is 27.6 Å². The monoisotopic (exact) mass is 233 g/mol. The molecule has 0 spiro atoms. The Labute approximate surface area is 97.0 Å². The molecule has 2 aromatic heterocycles. The molecular weight excluding hydrogens is 222 g/mol. The predicted octanol–water partition coefficient (Wildman–Crippen LogP) is 0.0193. The second kappa shape index (κ2) is 5.06. The number of nitrogens with zero attached hydrogens (tertiary/aromatic N) is 3. The second-order valence-electron chi connectivity index (χ2n) is 3.28. The molecule has 17 heavy (non-hydrogen) atoms. The predicted molar refractivity (Wildman–Crippen MR) is 59.0 cm³/mol. The fourth-order valence-electron chi connectivity index (χ4n) is 1.29. The van der Waals surface area contributed by atoms with Crippen molar-refractivity contribution in [3.8, 4) is 0 Å². The zero-order valence-corrected chi connectivity index (χ0v) is 8.96. The summed E-state index contributed by atoms with van der Waals surface area (Å²) in [6, 6.07) is 3.27. The fraction of sp³-hybridized carbons (Fsp3) is 0.200. The van der Waals surface area contributed by atoms with Gasteiger partial charge in [-0.15, -0.1) is 0 Å². The highest BCUT2D eigenvalue weighted by Gasteiger charge is 2.09. The van der Waals surface area contributed by atoms with Gasteiger partial charge < -0.3 is 15.6 Å². The summed E-state index contributed by atoms with van der Waals surface area (Å²) in [6.45, 7) is 0.398. The number of nitrogens with two attached hydrogens (primary N) is 1. The summed E-state index contributed by atoms with van der Waals surface area (Å²) in [6.07, 6.45) is 3.33. The molecule has 2 heterocycles. The molecule has 0 aliphatic rings. The van der Waals surface area contributed by atoms with Crippen LogP contribution in [-0.2, 0) is 6.42 Å². The van der Waals surface area contributed by atoms with Crippen molar-refractivity contribution in [1.29, 1.82) is 0 Å². The molecule has 0 bridgehead atoms. The summed E-state index contributed by atoms with van der Waals surface area (Å²) < 4.78 is 4.80. The second-order valence-corrected chi connectivity index (χ2v) is 3.28. The van der Waals surface area contributed by atoms with E-state index in [4.69, 9.17) is 10.3 Å². The maximum absolute atomic E-state index is 11.7. The molecule has 1 amide bonds. The van der Waals surface area contributed by atoms with Gasteiger partial charge >= 0.3 is 0 Å². The van der Waals surface area contributed by atoms with Crippen molar-refractivity contribution in [2.75, 3.05) is 12.3 Å². The van der Waals surface area contributed by atoms with Crippen LogP contribution in [0.1, 0.15) is 16.2 Å². The van der Waals surface area contributed by atoms with E-state index < -0.39 is 0 Å². The Morgan fingerprint density at radius 1 is 1.47 bits per heavy atom. The van der Waals surface area contributed by atoms with Gasteiger partial charge in [0, 0.05) is 19.2 Å². The molecule has 0 aromatic carbocycles. The van der Waals surface area contributed by atoms with Crippen molar-refractivity contribution < 1.29 is 9.32 Å². The van der Waals surface area contributed by atoms with Crippen molar-refractivity contribution in [1.82, 2.24) is 20.4 Å². The van der Waals surface area contributed by atoms with Crippen molar-refractivity contribution in [3.05, 3.63) is 36.1 Å². The van der Waals surface area contributed by atoms with Gasteiger partial charge in [0.05, 0.1) is 5.56 Å². The van der Waals surface area contributed by atoms with E-state index in [-0.39, 0.29) is 11.7 Å². The first-order valence-electron chi connectivity index (χ1n) is 5.01. The topological polar surface area (TPSA) is 107 Å². The van der Waals surface area contributed by atoms with Gasteiger partial charge in [0.1, 0.15) is 5.82 Å². The summed E-state index contributed by atoms with van der Waals surface area (Å²) in [4.78, 5) is 19.4. The van der Waals surface area contributed by atoms with E-state index in [0.29, 0.717) is 24.4 Å². The lowest BCUT2D eigenvalue weighted by molar-refractivity contribution is 0.0954. The smallest absolute Gasteiger partial charge is 0.255 e. The molecule has 0 aliphatic heterocycles. The fourth-order valence-corrected chi connectivity index (χ4v) is 1.29. The van der Waals surface area contributed by atoms with Crippen LogP contribution in [0.15, 0.2) is 29.2 Å². The first-order chi connectivity index (χ1) is 8.27. The number of nitrogen functional groups attached to an aromatic ring is 1. The highest BCUT2D eigenvalue weighted by molar-refractivity contribution is 5.98. The van der Waals surface area contributed by atoms with Gasteiger partial charge in [-0.2, -0.15) is 4.98 Å². The molecule has 0 saturated carbocycles. The Balaban J connectivity index is 1.88. The van der Waals surface area contributed by atoms with Crippen LogP contribution in [0.4, 0.5) is 5.82 Å². The minimum atomic E-state index is -0.268. The summed E-state index contributed by atoms with van der Waals surface area (Å²) in [5, 5.41) is 6.15. The number of aromatic nitrogens is 3. The molecule has 0 aliphatic carbocycles. The third-order valence-corrected chi connectivity index (χ3v) is 2.11. The Hall–Kier alpha value is -2.44. The van der Waals surface area contributed by atoms with Crippen molar-refractivity contribution in [2.45, 2.75) is 6.42 Å². The number of hydrogen-bond donors (Lipinski definition) is 2. The van der Waals surface area contributed by atoms with Crippen molar-refractivity contribution in [2.24, 2.45) is 0 Å². The van der Waals surface area contributed by atoms with E-state index in [1.165, 1.54) is 12.5 Å². The number of rotatable bonds is 4. The molecule has 88 valence electrons. The molecule has 0 atom stereocenters. The molecule has 0 radical (unpaired) electrons. The number of carbonyl (C=O) groups excluding carboxylic acids is 1. The summed E-state index contributed by atoms with van der Waals surface area (Å²) in [5.41, 5.74) is 5.93. The van der Waals surface area contributed by atoms with Crippen LogP contribution >= 0.6 is 0 Å². The SMILES string of the molecule is Nc1ncccc1C(=O)NCCc1ncno1. The molecule has 2 rings (SSSR count). The highest BCUT2D eigenvalue weighted by atomic mass is 16.5. The first-order valence-corrected chi connectivity index (χ1v) is 5.01. The van der Waals surface area contributed by atoms with Crippen LogP contribution < -0.4 is 11.1 Å². The number of carbonyl (C=O) groups is 1. The number of amides is 1. The Morgan fingerprint density at radius 3 is 3.06 bits per heavy atom. The quantitative estimate of drug-likeness (QED) is 0.770. The summed E-state index contributed by atoms with van der Waals surface area (Å²) >= 11 is 0. The normalized spacial score (nSPS) is 10.1. The van der Waals surface area contributed by atoms with E-state index in [0.717, 1.165) is 0 Å². The number of hydrogen-bond acceptors (Lipinski definition) is 6. The molecule has 2 aromatic rings. The van der Waals surface area contributed by atoms with Gasteiger partial charge in [-0.05, 0) is 12.1 Å². The van der Waals surface area contributed by atoms with Crippen LogP contribution in [0.25, 0.3) is 0 Å². The minimum absolute atomic E-state index is 0.211. The summed E-state index contributed by atoms with van der Waals surface area (Å²) in [5.74, 6) is 0.419. The van der Waals surface area contributed by atoms with Crippen molar-refractivity contribution >= 4 is 11.7 Å². The van der Waals surface area contributed by atoms with E-state index in [2.05, 4.69) is 20.4 Å². The maximum Gasteiger partial charge on any atom is 0.255 e. The van der Waals surface area contributed by atoms with E-state index in [9.17, 15) is 4.79 Å². The lowest BCUT2D eigenvalue weighted by atomic mass is 10.2. The van der Waals surface area contributed by atoms with E-state index >= 15 is 0 Å². The van der Waals surface area contributed by atoms with E-state index in [1.807, 2.05) is 0 Å². The van der Waals surface area contributed by atoms with Crippen LogP contribution in [0.3, 0.4) is 0 Å². The number of pyridine rings is 1. The van der Waals surface area contributed by atoms with Crippen LogP contribution in [0, 0.1) is 0 Å². The molecule has 7 nitrogen and oxygen atoms in total. The van der Waals surface area contributed by atoms with Crippen molar-refractivity contribution in [3.63, 3.8) is 0 Å². The van der Waals surface area contributed by atoms with Gasteiger partial charge in [-0.3, -0.25) is 4.79 Å². The molecule has 3 N–H and O–H groups in total. The molecule has 0 saturated heterocycles. The van der Waals surface area contributed by atoms with Crippen LogP contribution in [0.5, 0.6) is 0 Å². The summed E-state index contributed by atoms with van der Waals surface area (Å²) in [7, 11) is 0. The number of nitrogens with one attached hydrogen (secondary N) is 1. The number of anilines is 1. The van der Waals surface area contributed by atoms with Crippen LogP contribution in [0.2, 0.25) is 0 Å². The third-order valence-electron chi connectivity index (χ3n) is 2.11. The van der Waals surface area contributed by atoms with Gasteiger partial charge in [-0.1, -0.05) is 5.16 Å². The Morgan fingerprint density at radius 2 is 2.35 bits per heavy atom. The average molecular weight is 233 g/mol. The van der Waals surface area contributed by atoms with Gasteiger partial charge in [-0.25, -0.2) is 4.98 Å². The third kappa shape index (κ3) is 2.77. The highest BCUT2D eigenvalue weighted by Crippen LogP contribution is 2.06. The average Bonchev–Trinajstić information content (AvgIpc) is 2.82. The Kier molecular flexibility index (Phi) is 3.29. The lowest BCUT2D eigenvalue weighted by Crippen LogP contribution is -2.26. The largest absolute Gasteiger partial charge is 0.383 e. The first kappa shape index (κ1) is 11.1. The van der Waals surface area contributed by atoms with E-state index in [1.54, 1.807) is 12.1 Å². The minimum Gasteiger partial charge on any atom is -0.383 e. The van der Waals surface area contributed by atoms with Gasteiger partial charge in [0.15, 0.2) is 6.33 Å². The zero-order chi connectivity index (χ0) is 12.1. The van der Waals surface area contributed by atoms with Gasteiger partial charge in [0.25, 0.3) is 5.91 Å².